The van der Waals surface area contributed by atoms with Crippen LogP contribution in [0.25, 0.3) is 0 Å². The summed E-state index contributed by atoms with van der Waals surface area (Å²) in [6.07, 6.45) is 7.03. The van der Waals surface area contributed by atoms with E-state index in [1.807, 2.05) is 0 Å². The summed E-state index contributed by atoms with van der Waals surface area (Å²) in [5.74, 6) is -0.634. The summed E-state index contributed by atoms with van der Waals surface area (Å²) in [6, 6.07) is -0.629. The van der Waals surface area contributed by atoms with Gasteiger partial charge in [0.15, 0.2) is 0 Å². The van der Waals surface area contributed by atoms with Crippen molar-refractivity contribution in [2.45, 2.75) is 56.2 Å². The van der Waals surface area contributed by atoms with Crippen LogP contribution in [0.3, 0.4) is 0 Å². The average Bonchev–Trinajstić information content (AvgIpc) is 2.87. The number of hydrogen-bond acceptors (Lipinski definition) is 3. The third-order valence-corrected chi connectivity index (χ3v) is 4.81. The van der Waals surface area contributed by atoms with Crippen LogP contribution in [0.2, 0.25) is 0 Å². The van der Waals surface area contributed by atoms with E-state index in [4.69, 9.17) is 5.11 Å². The predicted molar refractivity (Wildman–Crippen MR) is 71.7 cm³/mol. The number of rotatable bonds is 3. The van der Waals surface area contributed by atoms with Crippen LogP contribution in [-0.4, -0.2) is 39.7 Å². The van der Waals surface area contributed by atoms with Crippen LogP contribution in [0, 0.1) is 5.92 Å². The van der Waals surface area contributed by atoms with Crippen LogP contribution in [0.1, 0.15) is 44.9 Å². The van der Waals surface area contributed by atoms with Crippen molar-refractivity contribution in [1.29, 1.82) is 0 Å². The minimum atomic E-state index is -0.884. The molecular weight excluding hydrogens is 250 g/mol. The number of thiol groups is 1. The molecule has 0 spiro atoms. The Morgan fingerprint density at radius 1 is 1.11 bits per heavy atom. The molecule has 1 N–H and O–H groups in total. The Balaban J connectivity index is 1.99. The molecule has 102 valence electrons. The Bertz CT molecular complexity index is 328. The summed E-state index contributed by atoms with van der Waals surface area (Å²) in [5, 5.41) is 8.79. The number of carboxylic acids is 1. The van der Waals surface area contributed by atoms with Crippen LogP contribution in [-0.2, 0) is 9.59 Å². The molecule has 1 amide bonds. The molecule has 2 atom stereocenters. The topological polar surface area (TPSA) is 57.6 Å². The minimum absolute atomic E-state index is 0.0740. The van der Waals surface area contributed by atoms with Gasteiger partial charge in [-0.2, -0.15) is 12.6 Å². The molecule has 5 heteroatoms. The molecule has 0 aromatic heterocycles. The summed E-state index contributed by atoms with van der Waals surface area (Å²) >= 11 is 4.47. The molecule has 4 nitrogen and oxygen atoms in total. The molecule has 1 saturated carbocycles. The number of carboxylic acid groups (broad SMARTS) is 1. The highest BCUT2D eigenvalue weighted by molar-refractivity contribution is 7.81. The molecule has 2 aliphatic rings. The minimum Gasteiger partial charge on any atom is -0.480 e. The number of amides is 1. The highest BCUT2D eigenvalue weighted by Gasteiger charge is 2.38. The molecule has 18 heavy (non-hydrogen) atoms. The van der Waals surface area contributed by atoms with Crippen LogP contribution in [0.5, 0.6) is 0 Å². The number of hydrogen-bond donors (Lipinski definition) is 2. The molecule has 1 aliphatic heterocycles. The van der Waals surface area contributed by atoms with Crippen molar-refractivity contribution in [3.63, 3.8) is 0 Å². The van der Waals surface area contributed by atoms with Crippen LogP contribution in [0.4, 0.5) is 0 Å². The van der Waals surface area contributed by atoms with Gasteiger partial charge in [-0.05, 0) is 31.6 Å². The zero-order valence-corrected chi connectivity index (χ0v) is 11.4. The lowest BCUT2D eigenvalue weighted by Gasteiger charge is -2.30. The van der Waals surface area contributed by atoms with Crippen molar-refractivity contribution in [2.75, 3.05) is 6.54 Å². The molecule has 2 rings (SSSR count). The first kappa shape index (κ1) is 13.7. The number of carbonyl (C=O) groups excluding carboxylic acids is 1. The van der Waals surface area contributed by atoms with E-state index < -0.39 is 12.0 Å². The Morgan fingerprint density at radius 3 is 2.39 bits per heavy atom. The summed E-state index contributed by atoms with van der Waals surface area (Å²) in [5.41, 5.74) is 0. The van der Waals surface area contributed by atoms with Gasteiger partial charge >= 0.3 is 5.97 Å². The highest BCUT2D eigenvalue weighted by Crippen LogP contribution is 2.31. The molecule has 2 fully saturated rings. The molecule has 0 unspecified atom stereocenters. The fourth-order valence-electron chi connectivity index (χ4n) is 3.11. The van der Waals surface area contributed by atoms with Crippen LogP contribution in [0.15, 0.2) is 0 Å². The molecule has 0 radical (unpaired) electrons. The van der Waals surface area contributed by atoms with Gasteiger partial charge < -0.3 is 10.0 Å². The van der Waals surface area contributed by atoms with E-state index in [-0.39, 0.29) is 11.2 Å². The second kappa shape index (κ2) is 5.95. The zero-order valence-electron chi connectivity index (χ0n) is 10.5. The number of likely N-dealkylation sites (tertiary alicyclic amines) is 1. The van der Waals surface area contributed by atoms with Crippen LogP contribution >= 0.6 is 12.6 Å². The zero-order chi connectivity index (χ0) is 13.1. The number of nitrogens with zero attached hydrogens (tertiary/aromatic N) is 1. The van der Waals surface area contributed by atoms with Gasteiger partial charge in [0, 0.05) is 6.54 Å². The Morgan fingerprint density at radius 2 is 1.78 bits per heavy atom. The second-order valence-electron chi connectivity index (χ2n) is 5.37. The third kappa shape index (κ3) is 2.82. The Hall–Kier alpha value is -0.710. The second-order valence-corrected chi connectivity index (χ2v) is 5.93. The maximum atomic E-state index is 12.3. The average molecular weight is 271 g/mol. The van der Waals surface area contributed by atoms with Gasteiger partial charge in [0.05, 0.1) is 5.25 Å². The quantitative estimate of drug-likeness (QED) is 0.771. The van der Waals surface area contributed by atoms with Gasteiger partial charge in [-0.3, -0.25) is 4.79 Å². The third-order valence-electron chi connectivity index (χ3n) is 4.17. The van der Waals surface area contributed by atoms with Crippen molar-refractivity contribution in [1.82, 2.24) is 4.90 Å². The van der Waals surface area contributed by atoms with Gasteiger partial charge in [0.1, 0.15) is 6.04 Å². The van der Waals surface area contributed by atoms with Crippen molar-refractivity contribution >= 4 is 24.5 Å². The normalized spacial score (nSPS) is 27.2. The van der Waals surface area contributed by atoms with Gasteiger partial charge in [0.2, 0.25) is 5.91 Å². The molecule has 0 bridgehead atoms. The van der Waals surface area contributed by atoms with Crippen molar-refractivity contribution in [3.8, 4) is 0 Å². The number of aliphatic carboxylic acids is 1. The summed E-state index contributed by atoms with van der Waals surface area (Å²) in [7, 11) is 0. The fraction of sp³-hybridized carbons (Fsp3) is 0.846. The Labute approximate surface area is 113 Å². The molecule has 0 aromatic rings. The summed E-state index contributed by atoms with van der Waals surface area (Å²) in [6.45, 7) is 0.569. The van der Waals surface area contributed by atoms with Crippen LogP contribution < -0.4 is 0 Å². The lowest BCUT2D eigenvalue weighted by Crippen LogP contribution is -2.46. The lowest BCUT2D eigenvalue weighted by molar-refractivity contribution is -0.148. The first-order valence-corrected chi connectivity index (χ1v) is 7.34. The maximum absolute atomic E-state index is 12.3. The summed E-state index contributed by atoms with van der Waals surface area (Å²) in [4.78, 5) is 25.0. The first-order valence-electron chi connectivity index (χ1n) is 6.82. The molecule has 1 heterocycles. The van der Waals surface area contributed by atoms with Gasteiger partial charge in [-0.25, -0.2) is 4.79 Å². The highest BCUT2D eigenvalue weighted by atomic mass is 32.1. The van der Waals surface area contributed by atoms with Crippen molar-refractivity contribution in [3.05, 3.63) is 0 Å². The standard InChI is InChI=1S/C13H21NO3S/c15-12(11(18)9-5-2-1-3-6-9)14-8-4-7-10(14)13(16)17/h9-11,18H,1-8H2,(H,16,17)/t10-,11-/m0/s1. The molecule has 0 aromatic carbocycles. The van der Waals surface area contributed by atoms with Gasteiger partial charge in [-0.15, -0.1) is 0 Å². The number of carbonyl (C=O) groups is 2. The fourth-order valence-corrected chi connectivity index (χ4v) is 3.56. The lowest BCUT2D eigenvalue weighted by atomic mass is 9.86. The molecule has 1 saturated heterocycles. The predicted octanol–water partition coefficient (Wildman–Crippen LogP) is 1.94. The van der Waals surface area contributed by atoms with E-state index >= 15 is 0 Å². The van der Waals surface area contributed by atoms with E-state index in [0.717, 1.165) is 32.1 Å². The van der Waals surface area contributed by atoms with E-state index in [2.05, 4.69) is 12.6 Å². The van der Waals surface area contributed by atoms with E-state index in [9.17, 15) is 9.59 Å². The van der Waals surface area contributed by atoms with Gasteiger partial charge in [0.25, 0.3) is 0 Å². The SMILES string of the molecule is O=C(O)[C@@H]1CCCN1C(=O)[C@@H](S)C1CCCCC1. The summed E-state index contributed by atoms with van der Waals surface area (Å²) < 4.78 is 0. The van der Waals surface area contributed by atoms with E-state index in [0.29, 0.717) is 18.9 Å². The molecular formula is C13H21NO3S. The van der Waals surface area contributed by atoms with Crippen molar-refractivity contribution in [2.24, 2.45) is 5.92 Å². The maximum Gasteiger partial charge on any atom is 0.326 e. The van der Waals surface area contributed by atoms with E-state index in [1.54, 1.807) is 0 Å². The van der Waals surface area contributed by atoms with Gasteiger partial charge in [-0.1, -0.05) is 19.3 Å². The largest absolute Gasteiger partial charge is 0.480 e. The Kier molecular flexibility index (Phi) is 4.54. The smallest absolute Gasteiger partial charge is 0.326 e. The molecule has 1 aliphatic carbocycles. The van der Waals surface area contributed by atoms with E-state index in [1.165, 1.54) is 11.3 Å². The first-order chi connectivity index (χ1) is 8.61. The monoisotopic (exact) mass is 271 g/mol. The van der Waals surface area contributed by atoms with Crippen molar-refractivity contribution < 1.29 is 14.7 Å².